The smallest absolute Gasteiger partial charge is 0.411 e. The Morgan fingerprint density at radius 3 is 2.62 bits per heavy atom. The van der Waals surface area contributed by atoms with Crippen molar-refractivity contribution in [2.75, 3.05) is 17.0 Å². The van der Waals surface area contributed by atoms with Crippen LogP contribution in [-0.4, -0.2) is 24.7 Å². The highest BCUT2D eigenvalue weighted by molar-refractivity contribution is 5.94. The van der Waals surface area contributed by atoms with Gasteiger partial charge in [0.1, 0.15) is 12.7 Å². The summed E-state index contributed by atoms with van der Waals surface area (Å²) in [5, 5.41) is 3.92. The number of ether oxygens (including phenoxy) is 1. The molecule has 0 saturated heterocycles. The molecule has 1 N–H and O–H groups in total. The van der Waals surface area contributed by atoms with E-state index in [0.29, 0.717) is 17.8 Å². The molecule has 29 heavy (non-hydrogen) atoms. The highest BCUT2D eigenvalue weighted by Crippen LogP contribution is 2.25. The van der Waals surface area contributed by atoms with E-state index in [1.54, 1.807) is 24.3 Å². The summed E-state index contributed by atoms with van der Waals surface area (Å²) >= 11 is 0. The number of hydrogen-bond acceptors (Lipinski definition) is 4. The number of amides is 2. The lowest BCUT2D eigenvalue weighted by Crippen LogP contribution is -2.32. The van der Waals surface area contributed by atoms with Gasteiger partial charge in [0.15, 0.2) is 0 Å². The van der Waals surface area contributed by atoms with E-state index in [2.05, 4.69) is 17.2 Å². The zero-order valence-corrected chi connectivity index (χ0v) is 16.4. The number of benzene rings is 2. The predicted octanol–water partition coefficient (Wildman–Crippen LogP) is 4.32. The molecular formula is C23H24N2O4. The number of nitrogens with zero attached hydrogens (tertiary/aromatic N) is 1. The van der Waals surface area contributed by atoms with E-state index in [1.165, 1.54) is 5.06 Å². The third kappa shape index (κ3) is 6.66. The summed E-state index contributed by atoms with van der Waals surface area (Å²) in [4.78, 5) is 30.5. The standard InChI is InChI=1S/C23H24N2O4/c1-2-3-7-15-28-25(22(26)16-18-9-5-4-6-10-18)20-12-8-11-19(17-20)24-23(27)29-21-13-14-21/h4-6,8-12,17,21H,2,13-16H2,1H3,(H,24,27). The summed E-state index contributed by atoms with van der Waals surface area (Å²) < 4.78 is 5.20. The highest BCUT2D eigenvalue weighted by atomic mass is 16.7. The maximum Gasteiger partial charge on any atom is 0.411 e. The molecule has 0 unspecified atom stereocenters. The van der Waals surface area contributed by atoms with Crippen molar-refractivity contribution < 1.29 is 19.2 Å². The predicted molar refractivity (Wildman–Crippen MR) is 111 cm³/mol. The summed E-state index contributed by atoms with van der Waals surface area (Å²) in [5.41, 5.74) is 1.91. The van der Waals surface area contributed by atoms with Crippen LogP contribution in [0.25, 0.3) is 0 Å². The Kier molecular flexibility index (Phi) is 7.26. The lowest BCUT2D eigenvalue weighted by Gasteiger charge is -2.21. The number of carbonyl (C=O) groups is 2. The summed E-state index contributed by atoms with van der Waals surface area (Å²) in [6.07, 6.45) is 2.22. The average molecular weight is 392 g/mol. The minimum Gasteiger partial charge on any atom is -0.446 e. The Morgan fingerprint density at radius 1 is 1.10 bits per heavy atom. The van der Waals surface area contributed by atoms with Crippen molar-refractivity contribution in [3.63, 3.8) is 0 Å². The zero-order valence-electron chi connectivity index (χ0n) is 16.4. The first-order chi connectivity index (χ1) is 14.2. The number of hydroxylamine groups is 1. The molecule has 0 heterocycles. The molecule has 0 aromatic heterocycles. The molecule has 2 amide bonds. The molecule has 1 fully saturated rings. The van der Waals surface area contributed by atoms with Gasteiger partial charge in [-0.05, 0) is 36.6 Å². The van der Waals surface area contributed by atoms with Crippen molar-refractivity contribution in [2.45, 2.75) is 38.7 Å². The molecule has 2 aromatic carbocycles. The Morgan fingerprint density at radius 2 is 1.90 bits per heavy atom. The van der Waals surface area contributed by atoms with Crippen LogP contribution in [0, 0.1) is 11.8 Å². The third-order valence-corrected chi connectivity index (χ3v) is 4.12. The van der Waals surface area contributed by atoms with Crippen LogP contribution >= 0.6 is 0 Å². The van der Waals surface area contributed by atoms with Crippen LogP contribution in [0.5, 0.6) is 0 Å². The maximum absolute atomic E-state index is 12.9. The molecule has 150 valence electrons. The first kappa shape index (κ1) is 20.4. The molecule has 0 spiro atoms. The quantitative estimate of drug-likeness (QED) is 0.563. The summed E-state index contributed by atoms with van der Waals surface area (Å²) in [5.74, 6) is 5.56. The lowest BCUT2D eigenvalue weighted by atomic mass is 10.1. The Labute approximate surface area is 170 Å². The van der Waals surface area contributed by atoms with Gasteiger partial charge in [0, 0.05) is 12.1 Å². The molecule has 1 aliphatic carbocycles. The van der Waals surface area contributed by atoms with Gasteiger partial charge in [-0.25, -0.2) is 4.79 Å². The van der Waals surface area contributed by atoms with Crippen molar-refractivity contribution in [1.29, 1.82) is 0 Å². The van der Waals surface area contributed by atoms with Crippen LogP contribution in [0.1, 0.15) is 31.7 Å². The molecule has 0 bridgehead atoms. The highest BCUT2D eigenvalue weighted by Gasteiger charge is 2.26. The van der Waals surface area contributed by atoms with Crippen molar-refractivity contribution >= 4 is 23.4 Å². The van der Waals surface area contributed by atoms with Gasteiger partial charge in [-0.2, -0.15) is 5.06 Å². The molecule has 0 aliphatic heterocycles. The molecular weight excluding hydrogens is 368 g/mol. The second-order valence-corrected chi connectivity index (χ2v) is 6.61. The Bertz CT molecular complexity index is 898. The second kappa shape index (κ2) is 10.3. The summed E-state index contributed by atoms with van der Waals surface area (Å²) in [7, 11) is 0. The minimum atomic E-state index is -0.499. The molecule has 1 aliphatic rings. The van der Waals surface area contributed by atoms with Gasteiger partial charge in [0.2, 0.25) is 0 Å². The van der Waals surface area contributed by atoms with Crippen LogP contribution in [0.3, 0.4) is 0 Å². The number of anilines is 2. The molecule has 0 atom stereocenters. The van der Waals surface area contributed by atoms with Crippen LogP contribution in [-0.2, 0) is 20.8 Å². The monoisotopic (exact) mass is 392 g/mol. The fourth-order valence-electron chi connectivity index (χ4n) is 2.60. The number of carbonyl (C=O) groups excluding carboxylic acids is 2. The Hall–Kier alpha value is -3.30. The van der Waals surface area contributed by atoms with Crippen molar-refractivity contribution in [3.8, 4) is 11.8 Å². The largest absolute Gasteiger partial charge is 0.446 e. The maximum atomic E-state index is 12.9. The lowest BCUT2D eigenvalue weighted by molar-refractivity contribution is -0.124. The number of rotatable bonds is 7. The van der Waals surface area contributed by atoms with Gasteiger partial charge in [-0.3, -0.25) is 14.9 Å². The number of nitrogens with one attached hydrogen (secondary N) is 1. The van der Waals surface area contributed by atoms with Gasteiger partial charge in [0.05, 0.1) is 12.1 Å². The summed E-state index contributed by atoms with van der Waals surface area (Å²) in [6, 6.07) is 16.3. The zero-order chi connectivity index (χ0) is 20.5. The van der Waals surface area contributed by atoms with E-state index in [-0.39, 0.29) is 25.0 Å². The third-order valence-electron chi connectivity index (χ3n) is 4.12. The van der Waals surface area contributed by atoms with Crippen LogP contribution in [0.15, 0.2) is 54.6 Å². The Balaban J connectivity index is 1.73. The normalized spacial score (nSPS) is 12.4. The molecule has 6 heteroatoms. The van der Waals surface area contributed by atoms with E-state index in [9.17, 15) is 9.59 Å². The van der Waals surface area contributed by atoms with E-state index in [0.717, 1.165) is 18.4 Å². The van der Waals surface area contributed by atoms with Crippen LogP contribution in [0.4, 0.5) is 16.2 Å². The van der Waals surface area contributed by atoms with E-state index < -0.39 is 6.09 Å². The molecule has 2 aromatic rings. The fourth-order valence-corrected chi connectivity index (χ4v) is 2.60. The first-order valence-corrected chi connectivity index (χ1v) is 9.69. The van der Waals surface area contributed by atoms with Gasteiger partial charge >= 0.3 is 6.09 Å². The van der Waals surface area contributed by atoms with Crippen molar-refractivity contribution in [1.82, 2.24) is 0 Å². The second-order valence-electron chi connectivity index (χ2n) is 6.61. The van der Waals surface area contributed by atoms with Gasteiger partial charge in [-0.1, -0.05) is 49.2 Å². The fraction of sp³-hybridized carbons (Fsp3) is 0.304. The van der Waals surface area contributed by atoms with Crippen molar-refractivity contribution in [3.05, 3.63) is 60.2 Å². The van der Waals surface area contributed by atoms with Gasteiger partial charge in [-0.15, -0.1) is 5.92 Å². The average Bonchev–Trinajstić information content (AvgIpc) is 3.52. The minimum absolute atomic E-state index is 0.0163. The molecule has 1 saturated carbocycles. The van der Waals surface area contributed by atoms with Crippen LogP contribution in [0.2, 0.25) is 0 Å². The molecule has 3 rings (SSSR count). The van der Waals surface area contributed by atoms with E-state index >= 15 is 0 Å². The van der Waals surface area contributed by atoms with E-state index in [4.69, 9.17) is 9.57 Å². The van der Waals surface area contributed by atoms with Gasteiger partial charge in [0.25, 0.3) is 5.91 Å². The van der Waals surface area contributed by atoms with Crippen LogP contribution < -0.4 is 10.4 Å². The topological polar surface area (TPSA) is 67.9 Å². The molecule has 6 nitrogen and oxygen atoms in total. The SMILES string of the molecule is CCC#CCON(C(=O)Cc1ccccc1)c1cccc(NC(=O)OC2CC2)c1. The summed E-state index contributed by atoms with van der Waals surface area (Å²) in [6.45, 7) is 2.04. The molecule has 0 radical (unpaired) electrons. The number of hydrogen-bond donors (Lipinski definition) is 1. The first-order valence-electron chi connectivity index (χ1n) is 9.69. The van der Waals surface area contributed by atoms with Gasteiger partial charge < -0.3 is 4.74 Å². The van der Waals surface area contributed by atoms with Crippen molar-refractivity contribution in [2.24, 2.45) is 0 Å². The van der Waals surface area contributed by atoms with E-state index in [1.807, 2.05) is 37.3 Å².